The summed E-state index contributed by atoms with van der Waals surface area (Å²) in [5, 5.41) is 2.94. The number of nitrogens with one attached hydrogen (secondary N) is 1. The van der Waals surface area contributed by atoms with Gasteiger partial charge in [0, 0.05) is 44.1 Å². The van der Waals surface area contributed by atoms with Crippen LogP contribution in [0.3, 0.4) is 0 Å². The summed E-state index contributed by atoms with van der Waals surface area (Å²) in [4.78, 5) is 18.3. The van der Waals surface area contributed by atoms with E-state index < -0.39 is 0 Å². The Hall–Kier alpha value is -1.46. The van der Waals surface area contributed by atoms with E-state index in [0.29, 0.717) is 17.5 Å². The molecule has 1 aromatic rings. The van der Waals surface area contributed by atoms with Gasteiger partial charge < -0.3 is 10.1 Å². The van der Waals surface area contributed by atoms with Gasteiger partial charge in [-0.2, -0.15) is 0 Å². The molecule has 0 spiro atoms. The van der Waals surface area contributed by atoms with E-state index in [1.165, 1.54) is 0 Å². The number of pyridine rings is 1. The van der Waals surface area contributed by atoms with Crippen LogP contribution in [0.2, 0.25) is 0 Å². The molecule has 1 fully saturated rings. The van der Waals surface area contributed by atoms with E-state index in [2.05, 4.69) is 36.0 Å². The van der Waals surface area contributed by atoms with Crippen molar-refractivity contribution >= 4 is 5.91 Å². The Morgan fingerprint density at radius 1 is 1.41 bits per heavy atom. The molecule has 1 amide bonds. The summed E-state index contributed by atoms with van der Waals surface area (Å²) in [5.74, 6) is -0.0512. The Kier molecular flexibility index (Phi) is 5.91. The molecule has 0 saturated carbocycles. The molecule has 1 saturated heterocycles. The SMILES string of the molecule is CC(C)(C)CN1CCOC(CCNC(=O)c2ccncc2)C1. The summed E-state index contributed by atoms with van der Waals surface area (Å²) >= 11 is 0. The lowest BCUT2D eigenvalue weighted by atomic mass is 9.95. The molecule has 122 valence electrons. The third kappa shape index (κ3) is 5.73. The maximum absolute atomic E-state index is 11.9. The monoisotopic (exact) mass is 305 g/mol. The minimum absolute atomic E-state index is 0.0512. The normalized spacial score (nSPS) is 19.9. The summed E-state index contributed by atoms with van der Waals surface area (Å²) in [5.41, 5.74) is 0.950. The molecule has 1 unspecified atom stereocenters. The molecule has 22 heavy (non-hydrogen) atoms. The van der Waals surface area contributed by atoms with Crippen LogP contribution in [0.25, 0.3) is 0 Å². The fraction of sp³-hybridized carbons (Fsp3) is 0.647. The maximum atomic E-state index is 11.9. The van der Waals surface area contributed by atoms with Gasteiger partial charge in [-0.05, 0) is 24.0 Å². The Labute approximate surface area is 133 Å². The minimum atomic E-state index is -0.0512. The van der Waals surface area contributed by atoms with E-state index in [1.807, 2.05) is 0 Å². The van der Waals surface area contributed by atoms with Gasteiger partial charge >= 0.3 is 0 Å². The average Bonchev–Trinajstić information content (AvgIpc) is 2.47. The number of aromatic nitrogens is 1. The zero-order chi connectivity index (χ0) is 16.0. The Morgan fingerprint density at radius 2 is 2.14 bits per heavy atom. The van der Waals surface area contributed by atoms with Crippen molar-refractivity contribution in [1.29, 1.82) is 0 Å². The quantitative estimate of drug-likeness (QED) is 0.903. The Morgan fingerprint density at radius 3 is 2.82 bits per heavy atom. The third-order valence-electron chi connectivity index (χ3n) is 3.62. The van der Waals surface area contributed by atoms with Crippen molar-refractivity contribution in [2.24, 2.45) is 5.41 Å². The van der Waals surface area contributed by atoms with Gasteiger partial charge in [-0.25, -0.2) is 0 Å². The molecule has 5 nitrogen and oxygen atoms in total. The molecule has 1 atom stereocenters. The predicted octanol–water partition coefficient (Wildman–Crippen LogP) is 1.95. The third-order valence-corrected chi connectivity index (χ3v) is 3.62. The van der Waals surface area contributed by atoms with E-state index in [4.69, 9.17) is 4.74 Å². The minimum Gasteiger partial charge on any atom is -0.375 e. The number of hydrogen-bond donors (Lipinski definition) is 1. The average molecular weight is 305 g/mol. The van der Waals surface area contributed by atoms with Crippen molar-refractivity contribution in [1.82, 2.24) is 15.2 Å². The summed E-state index contributed by atoms with van der Waals surface area (Å²) in [7, 11) is 0. The number of rotatable bonds is 5. The zero-order valence-corrected chi connectivity index (χ0v) is 13.8. The second-order valence-electron chi connectivity index (χ2n) is 7.07. The van der Waals surface area contributed by atoms with Gasteiger partial charge in [0.05, 0.1) is 12.7 Å². The van der Waals surface area contributed by atoms with Gasteiger partial charge in [0.1, 0.15) is 0 Å². The van der Waals surface area contributed by atoms with Crippen LogP contribution in [0.1, 0.15) is 37.6 Å². The zero-order valence-electron chi connectivity index (χ0n) is 13.8. The Balaban J connectivity index is 1.71. The van der Waals surface area contributed by atoms with Crippen molar-refractivity contribution in [2.45, 2.75) is 33.3 Å². The van der Waals surface area contributed by atoms with E-state index in [1.54, 1.807) is 24.5 Å². The molecule has 5 heteroatoms. The van der Waals surface area contributed by atoms with E-state index in [9.17, 15) is 4.79 Å². The van der Waals surface area contributed by atoms with Gasteiger partial charge in [0.25, 0.3) is 5.91 Å². The first kappa shape index (κ1) is 16.9. The molecule has 0 radical (unpaired) electrons. The smallest absolute Gasteiger partial charge is 0.251 e. The first-order valence-electron chi connectivity index (χ1n) is 7.96. The summed E-state index contributed by atoms with van der Waals surface area (Å²) in [6.07, 6.45) is 4.30. The van der Waals surface area contributed by atoms with Crippen LogP contribution in [0.4, 0.5) is 0 Å². The van der Waals surface area contributed by atoms with Crippen molar-refractivity contribution in [3.8, 4) is 0 Å². The molecule has 2 rings (SSSR count). The number of carbonyl (C=O) groups excluding carboxylic acids is 1. The molecular weight excluding hydrogens is 278 g/mol. The number of hydrogen-bond acceptors (Lipinski definition) is 4. The molecule has 0 aliphatic carbocycles. The number of amides is 1. The van der Waals surface area contributed by atoms with Crippen molar-refractivity contribution in [3.05, 3.63) is 30.1 Å². The molecule has 1 aliphatic rings. The second kappa shape index (κ2) is 7.70. The van der Waals surface area contributed by atoms with Crippen molar-refractivity contribution in [3.63, 3.8) is 0 Å². The lowest BCUT2D eigenvalue weighted by Gasteiger charge is -2.36. The van der Waals surface area contributed by atoms with Gasteiger partial charge in [-0.15, -0.1) is 0 Å². The van der Waals surface area contributed by atoms with Crippen LogP contribution in [0, 0.1) is 5.41 Å². The van der Waals surface area contributed by atoms with Gasteiger partial charge in [0.15, 0.2) is 0 Å². The molecule has 0 aromatic carbocycles. The van der Waals surface area contributed by atoms with Crippen molar-refractivity contribution < 1.29 is 9.53 Å². The van der Waals surface area contributed by atoms with Crippen LogP contribution in [0.15, 0.2) is 24.5 Å². The first-order chi connectivity index (χ1) is 10.4. The maximum Gasteiger partial charge on any atom is 0.251 e. The van der Waals surface area contributed by atoms with E-state index >= 15 is 0 Å². The lowest BCUT2D eigenvalue weighted by Crippen LogP contribution is -2.46. The van der Waals surface area contributed by atoms with Crippen LogP contribution >= 0.6 is 0 Å². The summed E-state index contributed by atoms with van der Waals surface area (Å²) in [6, 6.07) is 3.44. The topological polar surface area (TPSA) is 54.5 Å². The Bertz CT molecular complexity index is 471. The van der Waals surface area contributed by atoms with E-state index in [-0.39, 0.29) is 12.0 Å². The van der Waals surface area contributed by atoms with Crippen LogP contribution in [-0.2, 0) is 4.74 Å². The highest BCUT2D eigenvalue weighted by Gasteiger charge is 2.24. The predicted molar refractivity (Wildman–Crippen MR) is 86.8 cm³/mol. The van der Waals surface area contributed by atoms with Gasteiger partial charge in [-0.3, -0.25) is 14.7 Å². The number of carbonyl (C=O) groups is 1. The van der Waals surface area contributed by atoms with Crippen LogP contribution in [-0.4, -0.2) is 54.7 Å². The lowest BCUT2D eigenvalue weighted by molar-refractivity contribution is -0.0398. The molecule has 1 aliphatic heterocycles. The standard InChI is InChI=1S/C17H27N3O2/c1-17(2,3)13-20-10-11-22-15(12-20)6-9-19-16(21)14-4-7-18-8-5-14/h4-5,7-8,15H,6,9-13H2,1-3H3,(H,19,21). The molecule has 1 aromatic heterocycles. The molecular formula is C17H27N3O2. The summed E-state index contributed by atoms with van der Waals surface area (Å²) in [6.45, 7) is 11.2. The number of ether oxygens (including phenoxy) is 1. The highest BCUT2D eigenvalue weighted by atomic mass is 16.5. The highest BCUT2D eigenvalue weighted by molar-refractivity contribution is 5.93. The highest BCUT2D eigenvalue weighted by Crippen LogP contribution is 2.18. The molecule has 2 heterocycles. The summed E-state index contributed by atoms with van der Waals surface area (Å²) < 4.78 is 5.81. The fourth-order valence-electron chi connectivity index (χ4n) is 2.72. The first-order valence-corrected chi connectivity index (χ1v) is 7.96. The van der Waals surface area contributed by atoms with Crippen molar-refractivity contribution in [2.75, 3.05) is 32.8 Å². The molecule has 1 N–H and O–H groups in total. The van der Waals surface area contributed by atoms with E-state index in [0.717, 1.165) is 32.7 Å². The van der Waals surface area contributed by atoms with Crippen LogP contribution in [0.5, 0.6) is 0 Å². The van der Waals surface area contributed by atoms with Gasteiger partial charge in [0.2, 0.25) is 0 Å². The van der Waals surface area contributed by atoms with Crippen LogP contribution < -0.4 is 5.32 Å². The fourth-order valence-corrected chi connectivity index (χ4v) is 2.72. The number of nitrogens with zero attached hydrogens (tertiary/aromatic N) is 2. The second-order valence-corrected chi connectivity index (χ2v) is 7.07. The van der Waals surface area contributed by atoms with Gasteiger partial charge in [-0.1, -0.05) is 20.8 Å². The molecule has 0 bridgehead atoms. The largest absolute Gasteiger partial charge is 0.375 e. The number of morpholine rings is 1.